The molecule has 0 radical (unpaired) electrons. The quantitative estimate of drug-likeness (QED) is 0.202. The zero-order chi connectivity index (χ0) is 31.6. The Morgan fingerprint density at radius 2 is 1.23 bits per heavy atom. The number of hydrogen-bond donors (Lipinski definition) is 2. The monoisotopic (exact) mass is 633 g/mol. The minimum Gasteiger partial charge on any atom is -0.352 e. The predicted molar refractivity (Wildman–Crippen MR) is 204 cm³/mol. The van der Waals surface area contributed by atoms with Crippen LogP contribution in [0.5, 0.6) is 0 Å². The number of fused-ring (bicyclic) bond motifs is 8. The molecule has 0 fully saturated rings. The molecule has 1 aliphatic heterocycles. The Hall–Kier alpha value is -5.68. The van der Waals surface area contributed by atoms with Crippen LogP contribution >= 0.6 is 11.3 Å². The van der Waals surface area contributed by atoms with Crippen molar-refractivity contribution in [3.8, 4) is 11.1 Å². The fourth-order valence-electron chi connectivity index (χ4n) is 7.59. The lowest BCUT2D eigenvalue weighted by Gasteiger charge is -2.34. The predicted octanol–water partition coefficient (Wildman–Crippen LogP) is 11.4. The highest BCUT2D eigenvalue weighted by Crippen LogP contribution is 2.41. The van der Waals surface area contributed by atoms with E-state index < -0.39 is 0 Å². The van der Waals surface area contributed by atoms with Crippen molar-refractivity contribution in [3.05, 3.63) is 175 Å². The smallest absolute Gasteiger partial charge is 0.160 e. The highest BCUT2D eigenvalue weighted by atomic mass is 32.1. The van der Waals surface area contributed by atoms with Crippen LogP contribution in [-0.2, 0) is 0 Å². The number of nitrogens with zero attached hydrogens (tertiary/aromatic N) is 1. The molecule has 48 heavy (non-hydrogen) atoms. The number of rotatable bonds is 4. The maximum atomic E-state index is 4.00. The van der Waals surface area contributed by atoms with Crippen molar-refractivity contribution in [3.63, 3.8) is 0 Å². The molecule has 0 amide bonds. The third kappa shape index (κ3) is 4.38. The van der Waals surface area contributed by atoms with Gasteiger partial charge in [0.2, 0.25) is 0 Å². The number of aromatic nitrogens is 1. The van der Waals surface area contributed by atoms with Gasteiger partial charge in [0.15, 0.2) is 6.29 Å². The maximum absolute atomic E-state index is 4.00. The standard InChI is InChI=1S/C44H31N3S/c1-3-11-28(12-4-1)31-19-22-35-40(26-31)47(39-23-20-29-13-7-8-16-33(29)43(35)39)44-45-37(30-14-5-2-6-15-30)27-38(46-44)32-21-24-42-36(25-32)34-17-9-10-18-41(34)48-42/h1-27,37,44-46H. The Kier molecular flexibility index (Phi) is 6.26. The van der Waals surface area contributed by atoms with Gasteiger partial charge in [-0.2, -0.15) is 0 Å². The number of nitrogens with one attached hydrogen (secondary N) is 2. The molecule has 228 valence electrons. The summed E-state index contributed by atoms with van der Waals surface area (Å²) in [7, 11) is 0. The van der Waals surface area contributed by atoms with Crippen LogP contribution in [0, 0.1) is 0 Å². The summed E-state index contributed by atoms with van der Waals surface area (Å²) in [6, 6.07) is 57.4. The summed E-state index contributed by atoms with van der Waals surface area (Å²) in [5.74, 6) is 0. The summed E-state index contributed by atoms with van der Waals surface area (Å²) in [5.41, 5.74) is 8.36. The Balaban J connectivity index is 1.20. The summed E-state index contributed by atoms with van der Waals surface area (Å²) in [5, 5.41) is 15.7. The summed E-state index contributed by atoms with van der Waals surface area (Å²) < 4.78 is 5.11. The van der Waals surface area contributed by atoms with Crippen LogP contribution in [0.15, 0.2) is 164 Å². The summed E-state index contributed by atoms with van der Waals surface area (Å²) >= 11 is 1.86. The zero-order valence-electron chi connectivity index (χ0n) is 26.1. The van der Waals surface area contributed by atoms with Crippen LogP contribution in [0.1, 0.15) is 23.5 Å². The SMILES string of the molecule is C1=C(c2ccc3sc4ccccc4c3c2)NC(n2c3cc(-c4ccccc4)ccc3c3c4ccccc4ccc32)NC1c1ccccc1. The van der Waals surface area contributed by atoms with E-state index in [0.29, 0.717) is 0 Å². The lowest BCUT2D eigenvalue weighted by Crippen LogP contribution is -2.43. The van der Waals surface area contributed by atoms with E-state index >= 15 is 0 Å². The highest BCUT2D eigenvalue weighted by molar-refractivity contribution is 7.25. The minimum atomic E-state index is -0.211. The van der Waals surface area contributed by atoms with Gasteiger partial charge in [0.25, 0.3) is 0 Å². The highest BCUT2D eigenvalue weighted by Gasteiger charge is 2.28. The van der Waals surface area contributed by atoms with Gasteiger partial charge >= 0.3 is 0 Å². The van der Waals surface area contributed by atoms with Crippen molar-refractivity contribution in [2.24, 2.45) is 0 Å². The van der Waals surface area contributed by atoms with Gasteiger partial charge in [-0.3, -0.25) is 5.32 Å². The molecule has 0 saturated heterocycles. The average molecular weight is 634 g/mol. The summed E-state index contributed by atoms with van der Waals surface area (Å²) in [6.45, 7) is 0. The van der Waals surface area contributed by atoms with Crippen molar-refractivity contribution in [1.29, 1.82) is 0 Å². The van der Waals surface area contributed by atoms with Crippen LogP contribution in [0.25, 0.3) is 69.6 Å². The van der Waals surface area contributed by atoms with E-state index in [1.807, 2.05) is 11.3 Å². The van der Waals surface area contributed by atoms with E-state index in [2.05, 4.69) is 179 Å². The topological polar surface area (TPSA) is 29.0 Å². The molecule has 1 aliphatic rings. The van der Waals surface area contributed by atoms with Gasteiger partial charge in [-0.25, -0.2) is 0 Å². The molecule has 0 aliphatic carbocycles. The first kappa shape index (κ1) is 27.4. The van der Waals surface area contributed by atoms with Gasteiger partial charge in [0, 0.05) is 36.6 Å². The molecular weight excluding hydrogens is 603 g/mol. The lowest BCUT2D eigenvalue weighted by molar-refractivity contribution is 0.351. The molecule has 2 N–H and O–H groups in total. The largest absolute Gasteiger partial charge is 0.352 e. The van der Waals surface area contributed by atoms with Gasteiger partial charge < -0.3 is 9.88 Å². The molecular formula is C44H31N3S. The second kappa shape index (κ2) is 11.0. The lowest BCUT2D eigenvalue weighted by atomic mass is 10.00. The summed E-state index contributed by atoms with van der Waals surface area (Å²) in [6.07, 6.45) is 2.14. The fourth-order valence-corrected chi connectivity index (χ4v) is 8.68. The second-order valence-corrected chi connectivity index (χ2v) is 13.7. The van der Waals surface area contributed by atoms with Gasteiger partial charge in [-0.1, -0.05) is 127 Å². The number of benzene rings is 7. The molecule has 0 spiro atoms. The third-order valence-corrected chi connectivity index (χ3v) is 11.0. The van der Waals surface area contributed by atoms with Gasteiger partial charge in [-0.05, 0) is 69.4 Å². The Bertz CT molecular complexity index is 2680. The number of thiophene rings is 1. The zero-order valence-corrected chi connectivity index (χ0v) is 26.9. The van der Waals surface area contributed by atoms with Crippen molar-refractivity contribution in [1.82, 2.24) is 15.2 Å². The van der Waals surface area contributed by atoms with E-state index in [1.165, 1.54) is 75.0 Å². The van der Waals surface area contributed by atoms with E-state index in [9.17, 15) is 0 Å². The molecule has 9 aromatic rings. The van der Waals surface area contributed by atoms with E-state index in [-0.39, 0.29) is 12.3 Å². The Morgan fingerprint density at radius 1 is 0.500 bits per heavy atom. The van der Waals surface area contributed by atoms with Crippen LogP contribution < -0.4 is 10.6 Å². The van der Waals surface area contributed by atoms with Crippen LogP contribution in [0.3, 0.4) is 0 Å². The van der Waals surface area contributed by atoms with E-state index in [1.54, 1.807) is 0 Å². The normalized spacial score (nSPS) is 16.5. The first-order valence-corrected chi connectivity index (χ1v) is 17.3. The number of hydrogen-bond acceptors (Lipinski definition) is 3. The van der Waals surface area contributed by atoms with Crippen molar-refractivity contribution < 1.29 is 0 Å². The van der Waals surface area contributed by atoms with Gasteiger partial charge in [0.1, 0.15) is 0 Å². The van der Waals surface area contributed by atoms with E-state index in [4.69, 9.17) is 0 Å². The molecule has 7 aromatic carbocycles. The maximum Gasteiger partial charge on any atom is 0.160 e. The Morgan fingerprint density at radius 3 is 2.10 bits per heavy atom. The molecule has 2 atom stereocenters. The van der Waals surface area contributed by atoms with Crippen molar-refractivity contribution in [2.45, 2.75) is 12.3 Å². The van der Waals surface area contributed by atoms with Crippen molar-refractivity contribution in [2.75, 3.05) is 0 Å². The van der Waals surface area contributed by atoms with Crippen LogP contribution in [0.2, 0.25) is 0 Å². The molecule has 2 aromatic heterocycles. The molecule has 4 heteroatoms. The molecule has 10 rings (SSSR count). The first-order valence-electron chi connectivity index (χ1n) is 16.5. The molecule has 3 nitrogen and oxygen atoms in total. The van der Waals surface area contributed by atoms with Crippen molar-refractivity contribution >= 4 is 69.8 Å². The van der Waals surface area contributed by atoms with Crippen LogP contribution in [0.4, 0.5) is 0 Å². The van der Waals surface area contributed by atoms with Gasteiger partial charge in [-0.15, -0.1) is 11.3 Å². The molecule has 0 saturated carbocycles. The molecule has 0 bridgehead atoms. The summed E-state index contributed by atoms with van der Waals surface area (Å²) in [4.78, 5) is 0. The van der Waals surface area contributed by atoms with E-state index in [0.717, 1.165) is 5.70 Å². The first-order chi connectivity index (χ1) is 23.8. The average Bonchev–Trinajstić information content (AvgIpc) is 3.70. The Labute approximate surface area is 282 Å². The molecule has 3 heterocycles. The fraction of sp³-hybridized carbons (Fsp3) is 0.0455. The third-order valence-electron chi connectivity index (χ3n) is 9.87. The van der Waals surface area contributed by atoms with Gasteiger partial charge in [0.05, 0.1) is 17.1 Å². The molecule has 2 unspecified atom stereocenters. The second-order valence-electron chi connectivity index (χ2n) is 12.6. The minimum absolute atomic E-state index is 0.00706. The van der Waals surface area contributed by atoms with Crippen LogP contribution in [-0.4, -0.2) is 4.57 Å².